The summed E-state index contributed by atoms with van der Waals surface area (Å²) in [6, 6.07) is 9.35. The molecular formula is C23H32N2O3. The lowest BCUT2D eigenvalue weighted by Crippen LogP contribution is -2.64. The van der Waals surface area contributed by atoms with E-state index in [-0.39, 0.29) is 6.42 Å². The van der Waals surface area contributed by atoms with Gasteiger partial charge in [-0.1, -0.05) is 24.3 Å². The lowest BCUT2D eigenvalue weighted by molar-refractivity contribution is -0.136. The maximum Gasteiger partial charge on any atom is 0.307 e. The molecule has 0 unspecified atom stereocenters. The summed E-state index contributed by atoms with van der Waals surface area (Å²) in [4.78, 5) is 16.4. The number of hydrogen-bond donors (Lipinski definition) is 1. The first-order valence-corrected chi connectivity index (χ1v) is 10.6. The van der Waals surface area contributed by atoms with Crippen LogP contribution < -0.4 is 4.74 Å². The fourth-order valence-corrected chi connectivity index (χ4v) is 5.73. The molecule has 3 saturated heterocycles. The number of carbonyl (C=O) groups is 1. The highest BCUT2D eigenvalue weighted by Gasteiger charge is 2.47. The summed E-state index contributed by atoms with van der Waals surface area (Å²) in [5.41, 5.74) is 1.29. The molecule has 0 radical (unpaired) electrons. The minimum Gasteiger partial charge on any atom is -0.497 e. The maximum atomic E-state index is 11.0. The van der Waals surface area contributed by atoms with Crippen molar-refractivity contribution in [2.24, 2.45) is 11.8 Å². The highest BCUT2D eigenvalue weighted by atomic mass is 16.5. The third-order valence-corrected chi connectivity index (χ3v) is 6.85. The molecule has 3 heterocycles. The van der Waals surface area contributed by atoms with Gasteiger partial charge in [0.1, 0.15) is 5.75 Å². The number of aliphatic carboxylic acids is 1. The first-order chi connectivity index (χ1) is 13.7. The summed E-state index contributed by atoms with van der Waals surface area (Å²) in [6.45, 7) is 4.49. The zero-order valence-corrected chi connectivity index (χ0v) is 16.8. The Morgan fingerprint density at radius 2 is 1.96 bits per heavy atom. The van der Waals surface area contributed by atoms with Crippen molar-refractivity contribution in [3.8, 4) is 5.75 Å². The van der Waals surface area contributed by atoms with Crippen molar-refractivity contribution in [1.29, 1.82) is 0 Å². The Hall–Kier alpha value is -1.85. The Bertz CT molecular complexity index is 700. The molecule has 3 aliphatic heterocycles. The van der Waals surface area contributed by atoms with Crippen molar-refractivity contribution in [1.82, 2.24) is 9.80 Å². The van der Waals surface area contributed by atoms with Gasteiger partial charge in [0, 0.05) is 25.2 Å². The number of ether oxygens (including phenoxy) is 1. The van der Waals surface area contributed by atoms with E-state index in [0.717, 1.165) is 24.8 Å². The van der Waals surface area contributed by atoms with Crippen molar-refractivity contribution in [2.45, 2.75) is 50.7 Å². The third-order valence-electron chi connectivity index (χ3n) is 6.85. The van der Waals surface area contributed by atoms with Gasteiger partial charge in [-0.05, 0) is 68.3 Å². The zero-order valence-electron chi connectivity index (χ0n) is 16.8. The van der Waals surface area contributed by atoms with Crippen LogP contribution in [0.15, 0.2) is 36.4 Å². The molecule has 1 N–H and O–H groups in total. The topological polar surface area (TPSA) is 53.0 Å². The van der Waals surface area contributed by atoms with Crippen LogP contribution >= 0.6 is 0 Å². The van der Waals surface area contributed by atoms with Crippen molar-refractivity contribution in [3.63, 3.8) is 0 Å². The van der Waals surface area contributed by atoms with Crippen LogP contribution in [0.3, 0.4) is 0 Å². The number of likely N-dealkylation sites (tertiary alicyclic amines) is 1. The summed E-state index contributed by atoms with van der Waals surface area (Å²) < 4.78 is 5.29. The molecular weight excluding hydrogens is 352 g/mol. The van der Waals surface area contributed by atoms with Gasteiger partial charge in [0.2, 0.25) is 0 Å². The van der Waals surface area contributed by atoms with Crippen molar-refractivity contribution in [2.75, 3.05) is 26.7 Å². The van der Waals surface area contributed by atoms with E-state index in [1.54, 1.807) is 7.11 Å². The molecule has 0 aromatic heterocycles. The number of methoxy groups -OCH3 is 1. The highest BCUT2D eigenvalue weighted by molar-refractivity contribution is 5.68. The Morgan fingerprint density at radius 3 is 2.68 bits per heavy atom. The molecule has 3 fully saturated rings. The van der Waals surface area contributed by atoms with Crippen molar-refractivity contribution < 1.29 is 14.6 Å². The second kappa shape index (κ2) is 8.66. The number of carboxylic acid groups (broad SMARTS) is 1. The molecule has 4 rings (SSSR count). The van der Waals surface area contributed by atoms with Gasteiger partial charge >= 0.3 is 5.97 Å². The van der Waals surface area contributed by atoms with E-state index in [1.165, 1.54) is 44.3 Å². The molecule has 28 heavy (non-hydrogen) atoms. The van der Waals surface area contributed by atoms with E-state index in [9.17, 15) is 4.79 Å². The second-order valence-electron chi connectivity index (χ2n) is 8.53. The van der Waals surface area contributed by atoms with Gasteiger partial charge in [0.15, 0.2) is 0 Å². The summed E-state index contributed by atoms with van der Waals surface area (Å²) in [6.07, 6.45) is 9.31. The van der Waals surface area contributed by atoms with Crippen LogP contribution in [0.2, 0.25) is 0 Å². The average molecular weight is 385 g/mol. The van der Waals surface area contributed by atoms with Gasteiger partial charge in [0.05, 0.1) is 13.5 Å². The number of rotatable bonds is 6. The molecule has 0 amide bonds. The van der Waals surface area contributed by atoms with E-state index in [1.807, 2.05) is 18.2 Å². The monoisotopic (exact) mass is 384 g/mol. The number of hydrogen-bond acceptors (Lipinski definition) is 4. The van der Waals surface area contributed by atoms with Crippen LogP contribution in [0.5, 0.6) is 5.75 Å². The standard InChI is InChI=1S/C23H32N2O3/c1-28-19-11-9-17(10-12-19)15-25-16-18-5-3-13-24-14-4-6-20(23(18)24)21(25)7-2-8-22(26)27/h2,7,9-12,18,20-21,23H,3-6,8,13-16H2,1H3,(H,26,27)/b7-2+/t18-,20+,21+,23-/m0/s1. The normalized spacial score (nSPS) is 30.9. The molecule has 1 aromatic carbocycles. The quantitative estimate of drug-likeness (QED) is 0.762. The van der Waals surface area contributed by atoms with Crippen LogP contribution in [0.25, 0.3) is 0 Å². The van der Waals surface area contributed by atoms with Gasteiger partial charge in [-0.3, -0.25) is 14.6 Å². The number of nitrogens with zero attached hydrogens (tertiary/aromatic N) is 2. The third kappa shape index (κ3) is 4.11. The van der Waals surface area contributed by atoms with Crippen LogP contribution in [0, 0.1) is 11.8 Å². The van der Waals surface area contributed by atoms with Crippen molar-refractivity contribution >= 4 is 5.97 Å². The smallest absolute Gasteiger partial charge is 0.307 e. The maximum absolute atomic E-state index is 11.0. The Kier molecular flexibility index (Phi) is 6.02. The molecule has 0 bridgehead atoms. The van der Waals surface area contributed by atoms with Crippen molar-refractivity contribution in [3.05, 3.63) is 42.0 Å². The average Bonchev–Trinajstić information content (AvgIpc) is 2.71. The molecule has 152 valence electrons. The molecule has 3 aliphatic rings. The molecule has 1 aromatic rings. The number of benzene rings is 1. The summed E-state index contributed by atoms with van der Waals surface area (Å²) in [5.74, 6) is 1.47. The predicted molar refractivity (Wildman–Crippen MR) is 109 cm³/mol. The zero-order chi connectivity index (χ0) is 19.5. The van der Waals surface area contributed by atoms with Gasteiger partial charge in [-0.25, -0.2) is 0 Å². The Balaban J connectivity index is 1.57. The van der Waals surface area contributed by atoms with Crippen LogP contribution in [-0.4, -0.2) is 59.7 Å². The molecule has 0 spiro atoms. The lowest BCUT2D eigenvalue weighted by Gasteiger charge is -2.57. The Morgan fingerprint density at radius 1 is 1.21 bits per heavy atom. The van der Waals surface area contributed by atoms with Crippen LogP contribution in [0.4, 0.5) is 0 Å². The largest absolute Gasteiger partial charge is 0.497 e. The summed E-state index contributed by atoms with van der Waals surface area (Å²) in [5, 5.41) is 9.07. The summed E-state index contributed by atoms with van der Waals surface area (Å²) >= 11 is 0. The van der Waals surface area contributed by atoms with Crippen LogP contribution in [0.1, 0.15) is 37.7 Å². The summed E-state index contributed by atoms with van der Waals surface area (Å²) in [7, 11) is 1.70. The van der Waals surface area contributed by atoms with E-state index in [2.05, 4.69) is 28.0 Å². The second-order valence-corrected chi connectivity index (χ2v) is 8.53. The molecule has 0 saturated carbocycles. The fourth-order valence-electron chi connectivity index (χ4n) is 5.73. The number of piperidine rings is 3. The van der Waals surface area contributed by atoms with E-state index < -0.39 is 5.97 Å². The molecule has 4 atom stereocenters. The predicted octanol–water partition coefficient (Wildman–Crippen LogP) is 3.40. The first-order valence-electron chi connectivity index (χ1n) is 10.6. The van der Waals surface area contributed by atoms with E-state index in [0.29, 0.717) is 18.0 Å². The minimum absolute atomic E-state index is 0.109. The minimum atomic E-state index is -0.755. The highest BCUT2D eigenvalue weighted by Crippen LogP contribution is 2.42. The fraction of sp³-hybridized carbons (Fsp3) is 0.609. The molecule has 0 aliphatic carbocycles. The van der Waals surface area contributed by atoms with Crippen LogP contribution in [-0.2, 0) is 11.3 Å². The van der Waals surface area contributed by atoms with E-state index >= 15 is 0 Å². The SMILES string of the molecule is COc1ccc(CN2C[C@@H]3CCCN4CCC[C@@H]([C@H]34)[C@H]2/C=C/CC(=O)O)cc1. The van der Waals surface area contributed by atoms with Gasteiger partial charge in [0.25, 0.3) is 0 Å². The number of carboxylic acids is 1. The molecule has 5 heteroatoms. The van der Waals surface area contributed by atoms with E-state index in [4.69, 9.17) is 9.84 Å². The molecule has 5 nitrogen and oxygen atoms in total. The Labute approximate surface area is 168 Å². The van der Waals surface area contributed by atoms with Gasteiger partial charge in [-0.15, -0.1) is 0 Å². The van der Waals surface area contributed by atoms with Gasteiger partial charge < -0.3 is 9.84 Å². The lowest BCUT2D eigenvalue weighted by atomic mass is 9.69. The van der Waals surface area contributed by atoms with Gasteiger partial charge in [-0.2, -0.15) is 0 Å². The first kappa shape index (κ1) is 19.5.